The maximum atomic E-state index is 5.57. The van der Waals surface area contributed by atoms with E-state index in [1.165, 1.54) is 0 Å². The summed E-state index contributed by atoms with van der Waals surface area (Å²) in [7, 11) is 1.97. The molecule has 0 saturated carbocycles. The Morgan fingerprint density at radius 2 is 2.17 bits per heavy atom. The van der Waals surface area contributed by atoms with Crippen molar-refractivity contribution >= 4 is 11.6 Å². The van der Waals surface area contributed by atoms with Gasteiger partial charge in [-0.15, -0.1) is 0 Å². The quantitative estimate of drug-likeness (QED) is 0.706. The second-order valence-electron chi connectivity index (χ2n) is 2.71. The van der Waals surface area contributed by atoms with E-state index in [0.717, 1.165) is 12.4 Å². The number of hydrogen-bond acceptors (Lipinski definition) is 4. The van der Waals surface area contributed by atoms with Crippen LogP contribution in [0.1, 0.15) is 12.7 Å². The van der Waals surface area contributed by atoms with Crippen LogP contribution in [0, 0.1) is 6.92 Å². The van der Waals surface area contributed by atoms with Gasteiger partial charge in [0.05, 0.1) is 0 Å². The van der Waals surface area contributed by atoms with Gasteiger partial charge in [0.1, 0.15) is 17.5 Å². The number of rotatable bonds is 2. The molecule has 0 aliphatic rings. The first-order valence-corrected chi connectivity index (χ1v) is 3.95. The lowest BCUT2D eigenvalue weighted by molar-refractivity contribution is 0.914. The molecule has 0 amide bonds. The highest BCUT2D eigenvalue weighted by atomic mass is 15.2. The second kappa shape index (κ2) is 3.38. The van der Waals surface area contributed by atoms with E-state index in [4.69, 9.17) is 5.73 Å². The first-order chi connectivity index (χ1) is 5.63. The van der Waals surface area contributed by atoms with Crippen molar-refractivity contribution in [3.8, 4) is 0 Å². The number of aromatic nitrogens is 2. The van der Waals surface area contributed by atoms with Crippen LogP contribution in [0.4, 0.5) is 11.6 Å². The van der Waals surface area contributed by atoms with Crippen molar-refractivity contribution in [1.82, 2.24) is 9.97 Å². The maximum Gasteiger partial charge on any atom is 0.134 e. The monoisotopic (exact) mass is 166 g/mol. The number of nitrogens with zero attached hydrogens (tertiary/aromatic N) is 3. The van der Waals surface area contributed by atoms with E-state index in [1.54, 1.807) is 6.07 Å². The SMILES string of the molecule is CCN(C)c1cc(N)nc(C)n1. The van der Waals surface area contributed by atoms with Crippen molar-refractivity contribution in [3.05, 3.63) is 11.9 Å². The van der Waals surface area contributed by atoms with E-state index in [1.807, 2.05) is 18.9 Å². The standard InChI is InChI=1S/C8H14N4/c1-4-12(3)8-5-7(9)10-6(2)11-8/h5H,4H2,1-3H3,(H2,9,10,11). The highest BCUT2D eigenvalue weighted by Gasteiger charge is 2.01. The van der Waals surface area contributed by atoms with Crippen molar-refractivity contribution < 1.29 is 0 Å². The van der Waals surface area contributed by atoms with Gasteiger partial charge in [0.25, 0.3) is 0 Å². The molecule has 1 aromatic heterocycles. The van der Waals surface area contributed by atoms with Crippen molar-refractivity contribution in [3.63, 3.8) is 0 Å². The molecule has 0 bridgehead atoms. The van der Waals surface area contributed by atoms with Crippen molar-refractivity contribution in [1.29, 1.82) is 0 Å². The van der Waals surface area contributed by atoms with Gasteiger partial charge in [0.2, 0.25) is 0 Å². The number of nitrogen functional groups attached to an aromatic ring is 1. The molecule has 1 rings (SSSR count). The fraction of sp³-hybridized carbons (Fsp3) is 0.500. The molecule has 66 valence electrons. The van der Waals surface area contributed by atoms with Crippen LogP contribution in [0.3, 0.4) is 0 Å². The largest absolute Gasteiger partial charge is 0.384 e. The Hall–Kier alpha value is -1.32. The Balaban J connectivity index is 3.00. The van der Waals surface area contributed by atoms with E-state index < -0.39 is 0 Å². The summed E-state index contributed by atoms with van der Waals surface area (Å²) in [5.41, 5.74) is 5.57. The molecule has 0 aromatic carbocycles. The minimum Gasteiger partial charge on any atom is -0.384 e. The van der Waals surface area contributed by atoms with Gasteiger partial charge in [-0.1, -0.05) is 0 Å². The summed E-state index contributed by atoms with van der Waals surface area (Å²) in [5, 5.41) is 0. The molecule has 1 heterocycles. The van der Waals surface area contributed by atoms with Crippen LogP contribution in [0.2, 0.25) is 0 Å². The van der Waals surface area contributed by atoms with Gasteiger partial charge in [0.15, 0.2) is 0 Å². The van der Waals surface area contributed by atoms with Crippen molar-refractivity contribution in [2.45, 2.75) is 13.8 Å². The van der Waals surface area contributed by atoms with Crippen LogP contribution in [0.5, 0.6) is 0 Å². The van der Waals surface area contributed by atoms with Gasteiger partial charge in [-0.2, -0.15) is 0 Å². The fourth-order valence-electron chi connectivity index (χ4n) is 0.932. The average Bonchev–Trinajstić information content (AvgIpc) is 2.01. The van der Waals surface area contributed by atoms with E-state index in [0.29, 0.717) is 11.6 Å². The molecule has 0 aliphatic carbocycles. The Bertz CT molecular complexity index is 252. The smallest absolute Gasteiger partial charge is 0.134 e. The van der Waals surface area contributed by atoms with Gasteiger partial charge < -0.3 is 10.6 Å². The number of hydrogen-bond donors (Lipinski definition) is 1. The van der Waals surface area contributed by atoms with Gasteiger partial charge in [-0.25, -0.2) is 9.97 Å². The molecule has 0 saturated heterocycles. The summed E-state index contributed by atoms with van der Waals surface area (Å²) in [6, 6.07) is 1.77. The molecule has 12 heavy (non-hydrogen) atoms. The van der Waals surface area contributed by atoms with Gasteiger partial charge in [-0.3, -0.25) is 0 Å². The Labute approximate surface area is 72.4 Å². The lowest BCUT2D eigenvalue weighted by atomic mass is 10.4. The zero-order valence-corrected chi connectivity index (χ0v) is 7.70. The Morgan fingerprint density at radius 3 is 2.67 bits per heavy atom. The summed E-state index contributed by atoms with van der Waals surface area (Å²) in [6.45, 7) is 4.81. The number of anilines is 2. The van der Waals surface area contributed by atoms with E-state index in [2.05, 4.69) is 16.9 Å². The minimum absolute atomic E-state index is 0.526. The predicted molar refractivity (Wildman–Crippen MR) is 50.1 cm³/mol. The molecule has 0 atom stereocenters. The summed E-state index contributed by atoms with van der Waals surface area (Å²) in [6.07, 6.45) is 0. The van der Waals surface area contributed by atoms with E-state index in [9.17, 15) is 0 Å². The molecule has 0 fully saturated rings. The van der Waals surface area contributed by atoms with Crippen LogP contribution in [-0.4, -0.2) is 23.6 Å². The third-order valence-electron chi connectivity index (χ3n) is 1.71. The first-order valence-electron chi connectivity index (χ1n) is 3.95. The summed E-state index contributed by atoms with van der Waals surface area (Å²) < 4.78 is 0. The van der Waals surface area contributed by atoms with E-state index >= 15 is 0 Å². The summed E-state index contributed by atoms with van der Waals surface area (Å²) in [5.74, 6) is 2.12. The zero-order chi connectivity index (χ0) is 9.14. The van der Waals surface area contributed by atoms with Crippen molar-refractivity contribution in [2.24, 2.45) is 0 Å². The summed E-state index contributed by atoms with van der Waals surface area (Å²) >= 11 is 0. The predicted octanol–water partition coefficient (Wildman–Crippen LogP) is 0.823. The maximum absolute atomic E-state index is 5.57. The number of aryl methyl sites for hydroxylation is 1. The molecule has 2 N–H and O–H groups in total. The van der Waals surface area contributed by atoms with Crippen LogP contribution >= 0.6 is 0 Å². The molecule has 4 nitrogen and oxygen atoms in total. The molecule has 0 aliphatic heterocycles. The van der Waals surface area contributed by atoms with Crippen LogP contribution in [0.25, 0.3) is 0 Å². The second-order valence-corrected chi connectivity index (χ2v) is 2.71. The van der Waals surface area contributed by atoms with E-state index in [-0.39, 0.29) is 0 Å². The van der Waals surface area contributed by atoms with Crippen LogP contribution < -0.4 is 10.6 Å². The topological polar surface area (TPSA) is 55.0 Å². The van der Waals surface area contributed by atoms with Gasteiger partial charge in [-0.05, 0) is 13.8 Å². The molecule has 0 spiro atoms. The lowest BCUT2D eigenvalue weighted by Crippen LogP contribution is -2.18. The molecule has 4 heteroatoms. The van der Waals surface area contributed by atoms with Gasteiger partial charge >= 0.3 is 0 Å². The first kappa shape index (κ1) is 8.77. The molecular weight excluding hydrogens is 152 g/mol. The number of nitrogens with two attached hydrogens (primary N) is 1. The van der Waals surface area contributed by atoms with Crippen molar-refractivity contribution in [2.75, 3.05) is 24.2 Å². The minimum atomic E-state index is 0.526. The fourth-order valence-corrected chi connectivity index (χ4v) is 0.932. The molecule has 0 unspecified atom stereocenters. The highest BCUT2D eigenvalue weighted by Crippen LogP contribution is 2.11. The van der Waals surface area contributed by atoms with Crippen LogP contribution in [-0.2, 0) is 0 Å². The van der Waals surface area contributed by atoms with Gasteiger partial charge in [0, 0.05) is 19.7 Å². The normalized spacial score (nSPS) is 9.92. The lowest BCUT2D eigenvalue weighted by Gasteiger charge is -2.15. The average molecular weight is 166 g/mol. The highest BCUT2D eigenvalue weighted by molar-refractivity contribution is 5.46. The third kappa shape index (κ3) is 1.84. The van der Waals surface area contributed by atoms with Crippen LogP contribution in [0.15, 0.2) is 6.07 Å². The molecule has 0 radical (unpaired) electrons. The molecule has 1 aromatic rings. The summed E-state index contributed by atoms with van der Waals surface area (Å²) in [4.78, 5) is 10.2. The third-order valence-corrected chi connectivity index (χ3v) is 1.71. The Kier molecular flexibility index (Phi) is 2.47. The zero-order valence-electron chi connectivity index (χ0n) is 7.70. The molecular formula is C8H14N4. The Morgan fingerprint density at radius 1 is 1.50 bits per heavy atom.